The van der Waals surface area contributed by atoms with Gasteiger partial charge in [0.05, 0.1) is 6.10 Å². The van der Waals surface area contributed by atoms with E-state index >= 15 is 0 Å². The van der Waals surface area contributed by atoms with Crippen molar-refractivity contribution >= 4 is 11.9 Å². The maximum Gasteiger partial charge on any atom is 0.302 e. The fraction of sp³-hybridized carbons (Fsp3) is 0.579. The Hall–Kier alpha value is -1.88. The molecule has 5 nitrogen and oxygen atoms in total. The summed E-state index contributed by atoms with van der Waals surface area (Å²) in [6.45, 7) is 8.93. The van der Waals surface area contributed by atoms with Crippen molar-refractivity contribution in [3.05, 3.63) is 34.9 Å². The second-order valence-corrected chi connectivity index (χ2v) is 6.05. The minimum atomic E-state index is -0.671. The van der Waals surface area contributed by atoms with Crippen LogP contribution in [0.15, 0.2) is 34.9 Å². The first kappa shape index (κ1) is 22.1. The van der Waals surface area contributed by atoms with E-state index in [9.17, 15) is 14.7 Å². The molecule has 0 radical (unpaired) electrons. The van der Waals surface area contributed by atoms with Crippen molar-refractivity contribution < 1.29 is 24.2 Å². The van der Waals surface area contributed by atoms with Gasteiger partial charge in [-0.3, -0.25) is 9.59 Å². The van der Waals surface area contributed by atoms with Gasteiger partial charge in [-0.1, -0.05) is 23.3 Å². The van der Waals surface area contributed by atoms with Crippen molar-refractivity contribution in [3.8, 4) is 0 Å². The summed E-state index contributed by atoms with van der Waals surface area (Å²) in [6, 6.07) is 0. The molecule has 0 unspecified atom stereocenters. The Kier molecular flexibility index (Phi) is 11.5. The molecule has 0 spiro atoms. The number of aliphatic hydroxyl groups is 1. The molecule has 0 heterocycles. The minimum absolute atomic E-state index is 0.0817. The standard InChI is InChI=1S/C19H30O5/c1-14(2)7-6-8-15(3)11-19(22)12-18(13-24-17(5)21)9-10-23-16(4)20/h7,9,11,19,22H,6,8,10,12-13H2,1-5H3/b15-11+,18-9-/t19-/m0/s1. The summed E-state index contributed by atoms with van der Waals surface area (Å²) in [7, 11) is 0. The molecule has 0 rings (SSSR count). The Morgan fingerprint density at radius 2 is 1.62 bits per heavy atom. The Morgan fingerprint density at radius 3 is 2.17 bits per heavy atom. The lowest BCUT2D eigenvalue weighted by Crippen LogP contribution is -2.11. The summed E-state index contributed by atoms with van der Waals surface area (Å²) < 4.78 is 9.83. The van der Waals surface area contributed by atoms with Crippen LogP contribution in [0, 0.1) is 0 Å². The maximum absolute atomic E-state index is 11.0. The molecule has 24 heavy (non-hydrogen) atoms. The number of carbonyl (C=O) groups excluding carboxylic acids is 2. The number of ether oxygens (including phenoxy) is 2. The van der Waals surface area contributed by atoms with E-state index in [1.165, 1.54) is 19.4 Å². The quantitative estimate of drug-likeness (QED) is 0.488. The molecule has 0 aliphatic carbocycles. The first-order valence-corrected chi connectivity index (χ1v) is 8.14. The zero-order valence-corrected chi connectivity index (χ0v) is 15.4. The summed E-state index contributed by atoms with van der Waals surface area (Å²) in [6.07, 6.45) is 7.13. The van der Waals surface area contributed by atoms with Gasteiger partial charge < -0.3 is 14.6 Å². The molecule has 0 amide bonds. The molecule has 0 saturated heterocycles. The van der Waals surface area contributed by atoms with E-state index in [0.717, 1.165) is 18.4 Å². The molecule has 0 saturated carbocycles. The molecule has 1 atom stereocenters. The monoisotopic (exact) mass is 338 g/mol. The molecule has 1 N–H and O–H groups in total. The molecule has 0 aromatic rings. The van der Waals surface area contributed by atoms with Gasteiger partial charge >= 0.3 is 11.9 Å². The highest BCUT2D eigenvalue weighted by atomic mass is 16.5. The van der Waals surface area contributed by atoms with Gasteiger partial charge in [0.2, 0.25) is 0 Å². The third kappa shape index (κ3) is 13.8. The van der Waals surface area contributed by atoms with Crippen molar-refractivity contribution in [1.29, 1.82) is 0 Å². The van der Waals surface area contributed by atoms with Crippen LogP contribution in [-0.4, -0.2) is 36.4 Å². The number of carbonyl (C=O) groups is 2. The molecule has 0 aromatic carbocycles. The Labute approximate surface area is 145 Å². The zero-order chi connectivity index (χ0) is 18.5. The summed E-state index contributed by atoms with van der Waals surface area (Å²) in [5.74, 6) is -0.773. The molecule has 0 aliphatic heterocycles. The number of aliphatic hydroxyl groups excluding tert-OH is 1. The van der Waals surface area contributed by atoms with E-state index in [1.54, 1.807) is 6.08 Å². The summed E-state index contributed by atoms with van der Waals surface area (Å²) in [5.41, 5.74) is 3.10. The van der Waals surface area contributed by atoms with Gasteiger partial charge in [0.1, 0.15) is 13.2 Å². The Balaban J connectivity index is 4.64. The predicted octanol–water partition coefficient (Wildman–Crippen LogP) is 3.48. The number of hydrogen-bond donors (Lipinski definition) is 1. The van der Waals surface area contributed by atoms with E-state index in [2.05, 4.69) is 19.9 Å². The van der Waals surface area contributed by atoms with Crippen LogP contribution in [0.25, 0.3) is 0 Å². The van der Waals surface area contributed by atoms with Gasteiger partial charge in [-0.15, -0.1) is 0 Å². The molecule has 136 valence electrons. The Morgan fingerprint density at radius 1 is 1.00 bits per heavy atom. The van der Waals surface area contributed by atoms with Gasteiger partial charge in [-0.25, -0.2) is 0 Å². The fourth-order valence-corrected chi connectivity index (χ4v) is 2.00. The second kappa shape index (κ2) is 12.5. The van der Waals surface area contributed by atoms with Crippen LogP contribution in [0.4, 0.5) is 0 Å². The summed E-state index contributed by atoms with van der Waals surface area (Å²) >= 11 is 0. The average molecular weight is 338 g/mol. The molecular formula is C19H30O5. The molecule has 0 bridgehead atoms. The van der Waals surface area contributed by atoms with E-state index in [-0.39, 0.29) is 19.2 Å². The number of hydrogen-bond acceptors (Lipinski definition) is 5. The van der Waals surface area contributed by atoms with E-state index < -0.39 is 12.1 Å². The van der Waals surface area contributed by atoms with Crippen molar-refractivity contribution in [1.82, 2.24) is 0 Å². The molecular weight excluding hydrogens is 308 g/mol. The molecule has 0 fully saturated rings. The third-order valence-electron chi connectivity index (χ3n) is 3.16. The van der Waals surface area contributed by atoms with Gasteiger partial charge in [-0.2, -0.15) is 0 Å². The van der Waals surface area contributed by atoms with Crippen LogP contribution in [-0.2, 0) is 19.1 Å². The molecule has 0 aliphatic rings. The van der Waals surface area contributed by atoms with Crippen molar-refractivity contribution in [3.63, 3.8) is 0 Å². The first-order valence-electron chi connectivity index (χ1n) is 8.14. The molecule has 5 heteroatoms. The minimum Gasteiger partial charge on any atom is -0.462 e. The largest absolute Gasteiger partial charge is 0.462 e. The van der Waals surface area contributed by atoms with Crippen LogP contribution < -0.4 is 0 Å². The number of allylic oxidation sites excluding steroid dienone is 3. The van der Waals surface area contributed by atoms with Crippen molar-refractivity contribution in [2.75, 3.05) is 13.2 Å². The van der Waals surface area contributed by atoms with Crippen LogP contribution in [0.1, 0.15) is 53.9 Å². The Bertz CT molecular complexity index is 496. The zero-order valence-electron chi connectivity index (χ0n) is 15.4. The van der Waals surface area contributed by atoms with Gasteiger partial charge in [-0.05, 0) is 45.3 Å². The van der Waals surface area contributed by atoms with Gasteiger partial charge in [0.15, 0.2) is 0 Å². The van der Waals surface area contributed by atoms with Crippen molar-refractivity contribution in [2.24, 2.45) is 0 Å². The van der Waals surface area contributed by atoms with E-state index in [4.69, 9.17) is 9.47 Å². The lowest BCUT2D eigenvalue weighted by molar-refractivity contribution is -0.141. The van der Waals surface area contributed by atoms with Crippen LogP contribution in [0.3, 0.4) is 0 Å². The normalized spacial score (nSPS) is 13.2. The number of esters is 2. The van der Waals surface area contributed by atoms with E-state index in [1.807, 2.05) is 13.0 Å². The smallest absolute Gasteiger partial charge is 0.302 e. The SMILES string of the molecule is CC(=O)OC/C=C(\COC(C)=O)C[C@@H](O)/C=C(\C)CCC=C(C)C. The average Bonchev–Trinajstić information content (AvgIpc) is 2.43. The lowest BCUT2D eigenvalue weighted by Gasteiger charge is -2.12. The number of rotatable bonds is 10. The first-order chi connectivity index (χ1) is 11.2. The highest BCUT2D eigenvalue weighted by Crippen LogP contribution is 2.13. The maximum atomic E-state index is 11.0. The summed E-state index contributed by atoms with van der Waals surface area (Å²) in [4.78, 5) is 21.8. The molecule has 0 aromatic heterocycles. The predicted molar refractivity (Wildman–Crippen MR) is 94.4 cm³/mol. The van der Waals surface area contributed by atoms with Crippen molar-refractivity contribution in [2.45, 2.75) is 60.0 Å². The van der Waals surface area contributed by atoms with Crippen LogP contribution in [0.2, 0.25) is 0 Å². The third-order valence-corrected chi connectivity index (χ3v) is 3.16. The summed E-state index contributed by atoms with van der Waals surface area (Å²) in [5, 5.41) is 10.2. The lowest BCUT2D eigenvalue weighted by atomic mass is 10.0. The second-order valence-electron chi connectivity index (χ2n) is 6.05. The van der Waals surface area contributed by atoms with Crippen LogP contribution in [0.5, 0.6) is 0 Å². The van der Waals surface area contributed by atoms with Gasteiger partial charge in [0, 0.05) is 20.3 Å². The fourth-order valence-electron chi connectivity index (χ4n) is 2.00. The highest BCUT2D eigenvalue weighted by Gasteiger charge is 2.08. The van der Waals surface area contributed by atoms with E-state index in [0.29, 0.717) is 12.0 Å². The topological polar surface area (TPSA) is 72.8 Å². The van der Waals surface area contributed by atoms with Crippen LogP contribution >= 0.6 is 0 Å². The van der Waals surface area contributed by atoms with Gasteiger partial charge in [0.25, 0.3) is 0 Å². The highest BCUT2D eigenvalue weighted by molar-refractivity contribution is 5.66.